The SMILES string of the molecule is OC1CC(c2nc(-c3ccc(F)cc3)no2)N(Cc2cc3ccccc3o2)C1. The van der Waals surface area contributed by atoms with Crippen LogP contribution in [0.3, 0.4) is 0 Å². The lowest BCUT2D eigenvalue weighted by Gasteiger charge is -2.19. The summed E-state index contributed by atoms with van der Waals surface area (Å²) >= 11 is 0. The maximum Gasteiger partial charge on any atom is 0.244 e. The molecule has 0 aliphatic carbocycles. The van der Waals surface area contributed by atoms with Crippen LogP contribution >= 0.6 is 0 Å². The van der Waals surface area contributed by atoms with Gasteiger partial charge in [0, 0.05) is 17.5 Å². The van der Waals surface area contributed by atoms with E-state index in [9.17, 15) is 9.50 Å². The molecule has 7 heteroatoms. The number of benzene rings is 2. The van der Waals surface area contributed by atoms with Crippen LogP contribution in [0.25, 0.3) is 22.4 Å². The third-order valence-corrected chi connectivity index (χ3v) is 5.05. The van der Waals surface area contributed by atoms with Gasteiger partial charge in [-0.25, -0.2) is 4.39 Å². The molecular weight excluding hydrogens is 361 g/mol. The molecule has 0 spiro atoms. The van der Waals surface area contributed by atoms with Gasteiger partial charge in [0.25, 0.3) is 0 Å². The minimum Gasteiger partial charge on any atom is -0.460 e. The molecule has 2 aromatic heterocycles. The Bertz CT molecular complexity index is 1070. The van der Waals surface area contributed by atoms with Gasteiger partial charge in [-0.15, -0.1) is 0 Å². The minimum atomic E-state index is -0.476. The van der Waals surface area contributed by atoms with Crippen LogP contribution in [0.1, 0.15) is 24.1 Å². The van der Waals surface area contributed by atoms with Gasteiger partial charge in [-0.3, -0.25) is 4.90 Å². The number of aliphatic hydroxyl groups is 1. The molecule has 0 bridgehead atoms. The van der Waals surface area contributed by atoms with Gasteiger partial charge in [-0.2, -0.15) is 4.98 Å². The number of hydrogen-bond acceptors (Lipinski definition) is 6. The molecule has 2 atom stereocenters. The van der Waals surface area contributed by atoms with Crippen molar-refractivity contribution < 1.29 is 18.4 Å². The maximum atomic E-state index is 13.1. The van der Waals surface area contributed by atoms with Crippen molar-refractivity contribution >= 4 is 11.0 Å². The molecule has 4 aromatic rings. The molecular formula is C21H18FN3O3. The first kappa shape index (κ1) is 17.1. The smallest absolute Gasteiger partial charge is 0.244 e. The molecule has 2 aromatic carbocycles. The zero-order valence-electron chi connectivity index (χ0n) is 15.0. The van der Waals surface area contributed by atoms with Crippen molar-refractivity contribution in [2.45, 2.75) is 25.1 Å². The normalized spacial score (nSPS) is 20.2. The van der Waals surface area contributed by atoms with Crippen molar-refractivity contribution in [2.24, 2.45) is 0 Å². The molecule has 142 valence electrons. The fourth-order valence-corrected chi connectivity index (χ4v) is 3.71. The Kier molecular flexibility index (Phi) is 4.18. The average molecular weight is 379 g/mol. The maximum absolute atomic E-state index is 13.1. The summed E-state index contributed by atoms with van der Waals surface area (Å²) in [7, 11) is 0. The number of β-amino-alcohol motifs (C(OH)–C–C–N with tert-alkyl or cyclic N) is 1. The van der Waals surface area contributed by atoms with Gasteiger partial charge < -0.3 is 14.0 Å². The highest BCUT2D eigenvalue weighted by Gasteiger charge is 2.36. The van der Waals surface area contributed by atoms with Gasteiger partial charge >= 0.3 is 0 Å². The van der Waals surface area contributed by atoms with Crippen LogP contribution in [-0.2, 0) is 6.54 Å². The molecule has 1 aliphatic rings. The van der Waals surface area contributed by atoms with E-state index in [-0.39, 0.29) is 11.9 Å². The second-order valence-corrected chi connectivity index (χ2v) is 7.05. The van der Waals surface area contributed by atoms with Crippen LogP contribution in [0.2, 0.25) is 0 Å². The van der Waals surface area contributed by atoms with Crippen molar-refractivity contribution in [1.82, 2.24) is 15.0 Å². The number of fused-ring (bicyclic) bond motifs is 1. The third-order valence-electron chi connectivity index (χ3n) is 5.05. The number of furan rings is 1. The quantitative estimate of drug-likeness (QED) is 0.579. The van der Waals surface area contributed by atoms with Crippen molar-refractivity contribution in [3.05, 3.63) is 72.1 Å². The van der Waals surface area contributed by atoms with Crippen molar-refractivity contribution in [2.75, 3.05) is 6.54 Å². The first-order valence-corrected chi connectivity index (χ1v) is 9.15. The standard InChI is InChI=1S/C21H18FN3O3/c22-15-7-5-13(6-8-15)20-23-21(28-24-20)18-10-16(26)11-25(18)12-17-9-14-3-1-2-4-19(14)27-17/h1-9,16,18,26H,10-12H2. The van der Waals surface area contributed by atoms with Crippen LogP contribution in [0, 0.1) is 5.82 Å². The third kappa shape index (κ3) is 3.19. The molecule has 3 heterocycles. The molecule has 0 radical (unpaired) electrons. The summed E-state index contributed by atoms with van der Waals surface area (Å²) in [6, 6.07) is 15.6. The highest BCUT2D eigenvalue weighted by Crippen LogP contribution is 2.34. The van der Waals surface area contributed by atoms with Crippen molar-refractivity contribution in [3.8, 4) is 11.4 Å². The number of aromatic nitrogens is 2. The van der Waals surface area contributed by atoms with E-state index in [2.05, 4.69) is 15.0 Å². The zero-order chi connectivity index (χ0) is 19.1. The molecule has 0 saturated carbocycles. The monoisotopic (exact) mass is 379 g/mol. The molecule has 1 saturated heterocycles. The highest BCUT2D eigenvalue weighted by atomic mass is 19.1. The minimum absolute atomic E-state index is 0.204. The van der Waals surface area contributed by atoms with Gasteiger partial charge in [0.05, 0.1) is 18.7 Å². The van der Waals surface area contributed by atoms with Crippen LogP contribution in [0.4, 0.5) is 4.39 Å². The molecule has 5 rings (SSSR count). The van der Waals surface area contributed by atoms with Crippen LogP contribution in [-0.4, -0.2) is 32.8 Å². The van der Waals surface area contributed by atoms with Gasteiger partial charge in [-0.05, 0) is 42.8 Å². The molecule has 0 amide bonds. The Morgan fingerprint density at radius 1 is 1.14 bits per heavy atom. The zero-order valence-corrected chi connectivity index (χ0v) is 15.0. The van der Waals surface area contributed by atoms with Gasteiger partial charge in [0.1, 0.15) is 17.2 Å². The fraction of sp³-hybridized carbons (Fsp3) is 0.238. The number of aliphatic hydroxyl groups excluding tert-OH is 1. The molecule has 1 aliphatic heterocycles. The Morgan fingerprint density at radius 3 is 2.79 bits per heavy atom. The van der Waals surface area contributed by atoms with Crippen molar-refractivity contribution in [3.63, 3.8) is 0 Å². The Labute approximate surface area is 160 Å². The molecule has 6 nitrogen and oxygen atoms in total. The summed E-state index contributed by atoms with van der Waals surface area (Å²) in [5, 5.41) is 15.3. The Hall–Kier alpha value is -3.03. The first-order valence-electron chi connectivity index (χ1n) is 9.15. The number of nitrogens with zero attached hydrogens (tertiary/aromatic N) is 3. The average Bonchev–Trinajstić information content (AvgIpc) is 3.40. The van der Waals surface area contributed by atoms with E-state index in [1.807, 2.05) is 30.3 Å². The van der Waals surface area contributed by atoms with Crippen molar-refractivity contribution in [1.29, 1.82) is 0 Å². The van der Waals surface area contributed by atoms with E-state index < -0.39 is 6.10 Å². The van der Waals surface area contributed by atoms with E-state index in [0.717, 1.165) is 16.7 Å². The number of rotatable bonds is 4. The summed E-state index contributed by atoms with van der Waals surface area (Å²) in [5.74, 6) is 1.34. The fourth-order valence-electron chi connectivity index (χ4n) is 3.71. The molecule has 1 N–H and O–H groups in total. The summed E-state index contributed by atoms with van der Waals surface area (Å²) in [4.78, 5) is 6.55. The van der Waals surface area contributed by atoms with Crippen LogP contribution in [0.15, 0.2) is 63.5 Å². The Balaban J connectivity index is 1.39. The van der Waals surface area contributed by atoms with Crippen LogP contribution in [0.5, 0.6) is 0 Å². The van der Waals surface area contributed by atoms with Gasteiger partial charge in [0.15, 0.2) is 0 Å². The highest BCUT2D eigenvalue weighted by molar-refractivity contribution is 5.77. The van der Waals surface area contributed by atoms with Gasteiger partial charge in [-0.1, -0.05) is 23.4 Å². The van der Waals surface area contributed by atoms with Gasteiger partial charge in [0.2, 0.25) is 11.7 Å². The Morgan fingerprint density at radius 2 is 1.96 bits per heavy atom. The lowest BCUT2D eigenvalue weighted by atomic mass is 10.2. The molecule has 1 fully saturated rings. The molecule has 28 heavy (non-hydrogen) atoms. The predicted octanol–water partition coefficient (Wildman–Crippen LogP) is 3.93. The summed E-state index contributed by atoms with van der Waals surface area (Å²) in [6.45, 7) is 1.03. The van der Waals surface area contributed by atoms with E-state index in [1.54, 1.807) is 12.1 Å². The summed E-state index contributed by atoms with van der Waals surface area (Å²) < 4.78 is 24.5. The first-order chi connectivity index (χ1) is 13.7. The number of likely N-dealkylation sites (tertiary alicyclic amines) is 1. The second-order valence-electron chi connectivity index (χ2n) is 7.05. The van der Waals surface area contributed by atoms with E-state index in [4.69, 9.17) is 8.94 Å². The lowest BCUT2D eigenvalue weighted by molar-refractivity contribution is 0.164. The molecule has 2 unspecified atom stereocenters. The number of hydrogen-bond donors (Lipinski definition) is 1. The number of halogens is 1. The van der Waals surface area contributed by atoms with E-state index in [1.165, 1.54) is 12.1 Å². The largest absolute Gasteiger partial charge is 0.460 e. The summed E-state index contributed by atoms with van der Waals surface area (Å²) in [5.41, 5.74) is 1.52. The lowest BCUT2D eigenvalue weighted by Crippen LogP contribution is -2.24. The van der Waals surface area contributed by atoms with E-state index in [0.29, 0.717) is 36.8 Å². The summed E-state index contributed by atoms with van der Waals surface area (Å²) in [6.07, 6.45) is 0.0289. The predicted molar refractivity (Wildman–Crippen MR) is 99.7 cm³/mol. The van der Waals surface area contributed by atoms with Crippen LogP contribution < -0.4 is 0 Å². The second kappa shape index (κ2) is 6.85. The van der Waals surface area contributed by atoms with E-state index >= 15 is 0 Å². The number of para-hydroxylation sites is 1. The topological polar surface area (TPSA) is 75.5 Å².